The molecule has 0 aliphatic carbocycles. The number of rotatable bonds is 5. The zero-order valence-corrected chi connectivity index (χ0v) is 12.7. The molecule has 1 saturated heterocycles. The number of carbonyl (C=O) groups is 1. The first-order valence-electron chi connectivity index (χ1n) is 6.65. The minimum absolute atomic E-state index is 0.0962. The van der Waals surface area contributed by atoms with Crippen molar-refractivity contribution < 1.29 is 23.2 Å². The van der Waals surface area contributed by atoms with Gasteiger partial charge < -0.3 is 5.11 Å². The van der Waals surface area contributed by atoms with Crippen LogP contribution in [-0.4, -0.2) is 41.8 Å². The van der Waals surface area contributed by atoms with E-state index in [4.69, 9.17) is 5.11 Å². The summed E-state index contributed by atoms with van der Waals surface area (Å²) in [5, 5.41) is 20.0. The van der Waals surface area contributed by atoms with Gasteiger partial charge in [-0.3, -0.25) is 14.9 Å². The summed E-state index contributed by atoms with van der Waals surface area (Å²) in [5.41, 5.74) is -0.160. The summed E-state index contributed by atoms with van der Waals surface area (Å²) in [6, 6.07) is 5.64. The number of nitrogens with zero attached hydrogens (tertiary/aromatic N) is 2. The summed E-state index contributed by atoms with van der Waals surface area (Å²) >= 11 is 0. The van der Waals surface area contributed by atoms with Crippen LogP contribution in [0.25, 0.3) is 0 Å². The van der Waals surface area contributed by atoms with Gasteiger partial charge in [0.05, 0.1) is 16.6 Å². The van der Waals surface area contributed by atoms with Gasteiger partial charge in [-0.2, -0.15) is 0 Å². The van der Waals surface area contributed by atoms with Crippen molar-refractivity contribution in [2.45, 2.75) is 12.7 Å². The van der Waals surface area contributed by atoms with Crippen LogP contribution in [-0.2, 0) is 20.6 Å². The number of aliphatic carboxylic acids is 1. The van der Waals surface area contributed by atoms with E-state index in [1.165, 1.54) is 24.3 Å². The number of carboxylic acids is 1. The Hall–Kier alpha value is -2.00. The maximum Gasteiger partial charge on any atom is 0.308 e. The summed E-state index contributed by atoms with van der Waals surface area (Å²) in [7, 11) is -3.80. The van der Waals surface area contributed by atoms with E-state index in [1.807, 2.05) is 0 Å². The normalized spacial score (nSPS) is 22.6. The third kappa shape index (κ3) is 3.25. The van der Waals surface area contributed by atoms with Crippen LogP contribution >= 0.6 is 0 Å². The second kappa shape index (κ2) is 6.01. The Bertz CT molecular complexity index is 702. The van der Waals surface area contributed by atoms with Crippen LogP contribution in [0.3, 0.4) is 0 Å². The third-order valence-electron chi connectivity index (χ3n) is 3.82. The highest BCUT2D eigenvalue weighted by Crippen LogP contribution is 2.28. The summed E-state index contributed by atoms with van der Waals surface area (Å²) in [4.78, 5) is 21.4. The van der Waals surface area contributed by atoms with Crippen LogP contribution in [0.5, 0.6) is 0 Å². The SMILES string of the molecule is C[C@@H]1CN(S(=O)(=O)Cc2ccccc2[N+](=O)[O-])C[C@H]1C(=O)O. The van der Waals surface area contributed by atoms with E-state index in [2.05, 4.69) is 0 Å². The Morgan fingerprint density at radius 1 is 1.41 bits per heavy atom. The fourth-order valence-corrected chi connectivity index (χ4v) is 4.24. The van der Waals surface area contributed by atoms with E-state index >= 15 is 0 Å². The van der Waals surface area contributed by atoms with Gasteiger partial charge in [0.25, 0.3) is 5.69 Å². The topological polar surface area (TPSA) is 118 Å². The van der Waals surface area contributed by atoms with Gasteiger partial charge in [0.15, 0.2) is 0 Å². The molecule has 0 amide bonds. The van der Waals surface area contributed by atoms with E-state index < -0.39 is 32.6 Å². The molecule has 0 saturated carbocycles. The van der Waals surface area contributed by atoms with Crippen LogP contribution in [0.2, 0.25) is 0 Å². The predicted molar refractivity (Wildman–Crippen MR) is 77.6 cm³/mol. The average molecular weight is 328 g/mol. The Morgan fingerprint density at radius 3 is 2.59 bits per heavy atom. The van der Waals surface area contributed by atoms with Crippen molar-refractivity contribution in [3.05, 3.63) is 39.9 Å². The lowest BCUT2D eigenvalue weighted by molar-refractivity contribution is -0.385. The number of sulfonamides is 1. The van der Waals surface area contributed by atoms with E-state index in [0.717, 1.165) is 4.31 Å². The molecule has 1 heterocycles. The second-order valence-corrected chi connectivity index (χ2v) is 7.35. The number of benzene rings is 1. The van der Waals surface area contributed by atoms with Crippen molar-refractivity contribution in [1.82, 2.24) is 4.31 Å². The van der Waals surface area contributed by atoms with Crippen LogP contribution in [0.1, 0.15) is 12.5 Å². The quantitative estimate of drug-likeness (QED) is 0.638. The largest absolute Gasteiger partial charge is 0.481 e. The van der Waals surface area contributed by atoms with Crippen LogP contribution in [0.4, 0.5) is 5.69 Å². The van der Waals surface area contributed by atoms with Crippen molar-refractivity contribution in [1.29, 1.82) is 0 Å². The van der Waals surface area contributed by atoms with Gasteiger partial charge in [-0.05, 0) is 5.92 Å². The van der Waals surface area contributed by atoms with Gasteiger partial charge in [-0.15, -0.1) is 0 Å². The minimum Gasteiger partial charge on any atom is -0.481 e. The highest BCUT2D eigenvalue weighted by molar-refractivity contribution is 7.88. The Morgan fingerprint density at radius 2 is 2.05 bits per heavy atom. The number of nitro benzene ring substituents is 1. The molecule has 1 aromatic carbocycles. The summed E-state index contributed by atoms with van der Waals surface area (Å²) < 4.78 is 25.9. The molecule has 9 heteroatoms. The maximum absolute atomic E-state index is 12.4. The lowest BCUT2D eigenvalue weighted by atomic mass is 9.99. The third-order valence-corrected chi connectivity index (χ3v) is 5.58. The molecule has 1 fully saturated rings. The van der Waals surface area contributed by atoms with Crippen LogP contribution in [0.15, 0.2) is 24.3 Å². The Balaban J connectivity index is 2.23. The van der Waals surface area contributed by atoms with Crippen molar-refractivity contribution in [3.63, 3.8) is 0 Å². The van der Waals surface area contributed by atoms with Gasteiger partial charge in [0, 0.05) is 24.7 Å². The van der Waals surface area contributed by atoms with Crippen LogP contribution < -0.4 is 0 Å². The first kappa shape index (κ1) is 16.4. The van der Waals surface area contributed by atoms with Crippen molar-refractivity contribution in [2.75, 3.05) is 13.1 Å². The van der Waals surface area contributed by atoms with Crippen molar-refractivity contribution in [2.24, 2.45) is 11.8 Å². The molecular weight excluding hydrogens is 312 g/mol. The molecule has 0 unspecified atom stereocenters. The Kier molecular flexibility index (Phi) is 4.47. The van der Waals surface area contributed by atoms with Gasteiger partial charge in [0.1, 0.15) is 0 Å². The van der Waals surface area contributed by atoms with E-state index in [-0.39, 0.29) is 30.3 Å². The first-order valence-corrected chi connectivity index (χ1v) is 8.26. The molecule has 0 radical (unpaired) electrons. The molecule has 22 heavy (non-hydrogen) atoms. The van der Waals surface area contributed by atoms with Gasteiger partial charge in [-0.25, -0.2) is 12.7 Å². The van der Waals surface area contributed by atoms with E-state index in [1.54, 1.807) is 6.92 Å². The monoisotopic (exact) mass is 328 g/mol. The standard InChI is InChI=1S/C13H16N2O6S/c1-9-6-14(7-11(9)13(16)17)22(20,21)8-10-4-2-3-5-12(10)15(18)19/h2-5,9,11H,6-8H2,1H3,(H,16,17)/t9-,11-/m1/s1. The average Bonchev–Trinajstić information content (AvgIpc) is 2.82. The molecule has 0 spiro atoms. The molecule has 8 nitrogen and oxygen atoms in total. The molecule has 120 valence electrons. The molecule has 0 aromatic heterocycles. The summed E-state index contributed by atoms with van der Waals surface area (Å²) in [6.07, 6.45) is 0. The number of hydrogen-bond acceptors (Lipinski definition) is 5. The Labute approximate surface area is 127 Å². The van der Waals surface area contributed by atoms with Gasteiger partial charge in [0.2, 0.25) is 10.0 Å². The smallest absolute Gasteiger partial charge is 0.308 e. The van der Waals surface area contributed by atoms with Gasteiger partial charge in [-0.1, -0.05) is 25.1 Å². The molecule has 0 bridgehead atoms. The molecular formula is C13H16N2O6S. The zero-order chi connectivity index (χ0) is 16.5. The number of hydrogen-bond donors (Lipinski definition) is 1. The lowest BCUT2D eigenvalue weighted by Crippen LogP contribution is -2.31. The van der Waals surface area contributed by atoms with Crippen molar-refractivity contribution >= 4 is 21.7 Å². The fraction of sp³-hybridized carbons (Fsp3) is 0.462. The predicted octanol–water partition coefficient (Wildman–Crippen LogP) is 1.08. The summed E-state index contributed by atoms with van der Waals surface area (Å²) in [6.45, 7) is 1.69. The van der Waals surface area contributed by atoms with Crippen LogP contribution in [0, 0.1) is 22.0 Å². The lowest BCUT2D eigenvalue weighted by Gasteiger charge is -2.16. The highest BCUT2D eigenvalue weighted by Gasteiger charge is 2.40. The van der Waals surface area contributed by atoms with E-state index in [9.17, 15) is 23.3 Å². The molecule has 1 aromatic rings. The number of para-hydroxylation sites is 1. The molecule has 2 atom stereocenters. The molecule has 2 rings (SSSR count). The van der Waals surface area contributed by atoms with Crippen molar-refractivity contribution in [3.8, 4) is 0 Å². The first-order chi connectivity index (χ1) is 10.2. The second-order valence-electron chi connectivity index (χ2n) is 5.38. The zero-order valence-electron chi connectivity index (χ0n) is 11.9. The molecule has 1 aliphatic rings. The van der Waals surface area contributed by atoms with E-state index in [0.29, 0.717) is 0 Å². The van der Waals surface area contributed by atoms with Gasteiger partial charge >= 0.3 is 5.97 Å². The highest BCUT2D eigenvalue weighted by atomic mass is 32.2. The summed E-state index contributed by atoms with van der Waals surface area (Å²) in [5.74, 6) is -2.59. The molecule has 1 N–H and O–H groups in total. The minimum atomic E-state index is -3.80. The molecule has 1 aliphatic heterocycles. The fourth-order valence-electron chi connectivity index (χ4n) is 2.57. The number of carboxylic acid groups (broad SMARTS) is 1. The maximum atomic E-state index is 12.4. The number of nitro groups is 1.